The number of pyridine rings is 1. The fourth-order valence-corrected chi connectivity index (χ4v) is 4.75. The van der Waals surface area contributed by atoms with Crippen molar-refractivity contribution < 1.29 is 31.6 Å². The first kappa shape index (κ1) is 31.0. The molecule has 0 aliphatic carbocycles. The number of benzene rings is 2. The van der Waals surface area contributed by atoms with E-state index in [1.807, 2.05) is 12.1 Å². The Labute approximate surface area is 244 Å². The van der Waals surface area contributed by atoms with E-state index in [1.54, 1.807) is 32.5 Å². The molecule has 42 heavy (non-hydrogen) atoms. The predicted molar refractivity (Wildman–Crippen MR) is 156 cm³/mol. The summed E-state index contributed by atoms with van der Waals surface area (Å²) in [6, 6.07) is 10.9. The number of hydrogen-bond donors (Lipinski definition) is 2. The molecule has 0 amide bonds. The number of nitrogen functional groups attached to an aromatic ring is 1. The van der Waals surface area contributed by atoms with Gasteiger partial charge in [-0.1, -0.05) is 0 Å². The second kappa shape index (κ2) is 13.8. The van der Waals surface area contributed by atoms with Gasteiger partial charge < -0.3 is 29.7 Å². The molecule has 226 valence electrons. The number of anilines is 1. The van der Waals surface area contributed by atoms with Gasteiger partial charge in [0, 0.05) is 75.4 Å². The summed E-state index contributed by atoms with van der Waals surface area (Å²) in [5, 5.41) is 3.84. The van der Waals surface area contributed by atoms with Gasteiger partial charge in [-0.25, -0.2) is 4.39 Å². The number of nitrogens with two attached hydrogens (primary N) is 1. The molecule has 0 bridgehead atoms. The molecule has 1 saturated heterocycles. The molecule has 0 unspecified atom stereocenters. The molecule has 12 nitrogen and oxygen atoms in total. The van der Waals surface area contributed by atoms with Gasteiger partial charge in [-0.2, -0.15) is 13.5 Å². The summed E-state index contributed by atoms with van der Waals surface area (Å²) in [6.07, 6.45) is 3.98. The van der Waals surface area contributed by atoms with Gasteiger partial charge >= 0.3 is 10.1 Å². The lowest BCUT2D eigenvalue weighted by Gasteiger charge is -2.32. The molecule has 4 aromatic rings. The molecular weight excluding hydrogens is 567 g/mol. The molecule has 0 atom stereocenters. The average Bonchev–Trinajstić information content (AvgIpc) is 3.41. The fraction of sp³-hybridized carbons (Fsp3) is 0.357. The van der Waals surface area contributed by atoms with Crippen LogP contribution >= 0.6 is 0 Å². The number of ether oxygens (including phenoxy) is 3. The van der Waals surface area contributed by atoms with E-state index >= 15 is 0 Å². The second-order valence-corrected chi connectivity index (χ2v) is 11.1. The minimum atomic E-state index is -4.11. The van der Waals surface area contributed by atoms with Crippen LogP contribution in [0.15, 0.2) is 59.9 Å². The van der Waals surface area contributed by atoms with E-state index in [2.05, 4.69) is 26.9 Å². The third kappa shape index (κ3) is 8.28. The maximum Gasteiger partial charge on any atom is 0.313 e. The standard InChI is InChI=1S/C24H29FN4O3.C4H6N2O3S/c1-28-9-11-29(12-10-28)8-3-13-31-24-16-20-18(15-23(24)30-2)21(6-7-27-20)32-22-5-4-17(26)14-19(22)25;1-6-3-2-4(5-6)10(7,8)9/h4-7,14-16H,3,8-13,26H2,1-2H3;2-3H,1H3,(H,7,8,9). The zero-order valence-electron chi connectivity index (χ0n) is 23.7. The third-order valence-corrected chi connectivity index (χ3v) is 7.33. The number of rotatable bonds is 9. The van der Waals surface area contributed by atoms with Gasteiger partial charge in [0.1, 0.15) is 5.75 Å². The summed E-state index contributed by atoms with van der Waals surface area (Å²) in [7, 11) is 1.20. The molecule has 3 N–H and O–H groups in total. The zero-order chi connectivity index (χ0) is 30.3. The monoisotopic (exact) mass is 602 g/mol. The van der Waals surface area contributed by atoms with Crippen LogP contribution < -0.4 is 19.9 Å². The van der Waals surface area contributed by atoms with Crippen LogP contribution in [0.5, 0.6) is 23.0 Å². The predicted octanol–water partition coefficient (Wildman–Crippen LogP) is 3.44. The molecule has 5 rings (SSSR count). The molecule has 1 fully saturated rings. The molecule has 2 aromatic heterocycles. The Morgan fingerprint density at radius 1 is 1.00 bits per heavy atom. The molecule has 2 aromatic carbocycles. The second-order valence-electron chi connectivity index (χ2n) is 9.77. The summed E-state index contributed by atoms with van der Waals surface area (Å²) in [5.74, 6) is 1.24. The number of aromatic nitrogens is 3. The van der Waals surface area contributed by atoms with E-state index in [0.29, 0.717) is 40.4 Å². The topological polar surface area (TPSA) is 145 Å². The number of nitrogens with zero attached hydrogens (tertiary/aromatic N) is 5. The smallest absolute Gasteiger partial charge is 0.313 e. The number of hydrogen-bond acceptors (Lipinski definition) is 10. The van der Waals surface area contributed by atoms with Crippen molar-refractivity contribution >= 4 is 26.7 Å². The highest BCUT2D eigenvalue weighted by molar-refractivity contribution is 7.85. The highest BCUT2D eigenvalue weighted by Crippen LogP contribution is 2.37. The first-order valence-corrected chi connectivity index (χ1v) is 14.7. The summed E-state index contributed by atoms with van der Waals surface area (Å²) < 4.78 is 61.9. The van der Waals surface area contributed by atoms with E-state index in [-0.39, 0.29) is 10.8 Å². The largest absolute Gasteiger partial charge is 0.493 e. The van der Waals surface area contributed by atoms with Gasteiger partial charge in [-0.05, 0) is 43.8 Å². The van der Waals surface area contributed by atoms with Crippen LogP contribution in [-0.4, -0.2) is 91.0 Å². The SMILES string of the molecule is COc1cc2c(Oc3ccc(N)cc3F)ccnc2cc1OCCCN1CCN(C)CC1.Cn1ccc(S(=O)(=O)O)n1. The van der Waals surface area contributed by atoms with Crippen LogP contribution in [-0.2, 0) is 17.2 Å². The van der Waals surface area contributed by atoms with Gasteiger partial charge in [0.2, 0.25) is 5.03 Å². The van der Waals surface area contributed by atoms with Crippen molar-refractivity contribution in [3.05, 3.63) is 60.7 Å². The average molecular weight is 603 g/mol. The van der Waals surface area contributed by atoms with E-state index in [0.717, 1.165) is 39.1 Å². The third-order valence-electron chi connectivity index (χ3n) is 6.59. The number of fused-ring (bicyclic) bond motifs is 1. The van der Waals surface area contributed by atoms with E-state index < -0.39 is 15.9 Å². The van der Waals surface area contributed by atoms with E-state index in [1.165, 1.54) is 29.1 Å². The molecule has 1 aliphatic rings. The van der Waals surface area contributed by atoms with Crippen molar-refractivity contribution in [2.24, 2.45) is 7.05 Å². The van der Waals surface area contributed by atoms with Crippen molar-refractivity contribution in [3.63, 3.8) is 0 Å². The quantitative estimate of drug-likeness (QED) is 0.165. The van der Waals surface area contributed by atoms with E-state index in [4.69, 9.17) is 24.5 Å². The van der Waals surface area contributed by atoms with Crippen LogP contribution in [0.3, 0.4) is 0 Å². The Hall–Kier alpha value is -3.98. The van der Waals surface area contributed by atoms with Crippen molar-refractivity contribution in [2.45, 2.75) is 11.4 Å². The van der Waals surface area contributed by atoms with Gasteiger partial charge in [0.25, 0.3) is 0 Å². The molecule has 0 radical (unpaired) electrons. The van der Waals surface area contributed by atoms with E-state index in [9.17, 15) is 12.8 Å². The summed E-state index contributed by atoms with van der Waals surface area (Å²) >= 11 is 0. The van der Waals surface area contributed by atoms with Crippen molar-refractivity contribution in [3.8, 4) is 23.0 Å². The van der Waals surface area contributed by atoms with Crippen molar-refractivity contribution in [2.75, 3.05) is 59.2 Å². The number of likely N-dealkylation sites (N-methyl/N-ethyl adjacent to an activating group) is 1. The molecule has 14 heteroatoms. The Morgan fingerprint density at radius 2 is 1.76 bits per heavy atom. The summed E-state index contributed by atoms with van der Waals surface area (Å²) in [6.45, 7) is 5.99. The van der Waals surface area contributed by atoms with Gasteiger partial charge in [-0.3, -0.25) is 14.2 Å². The summed E-state index contributed by atoms with van der Waals surface area (Å²) in [5.41, 5.74) is 6.64. The van der Waals surface area contributed by atoms with Crippen LogP contribution in [0.25, 0.3) is 10.9 Å². The number of aryl methyl sites for hydroxylation is 1. The first-order chi connectivity index (χ1) is 20.0. The van der Waals surface area contributed by atoms with Crippen molar-refractivity contribution in [1.29, 1.82) is 0 Å². The number of halogens is 1. The lowest BCUT2D eigenvalue weighted by molar-refractivity contribution is 0.145. The Morgan fingerprint density at radius 3 is 2.38 bits per heavy atom. The lowest BCUT2D eigenvalue weighted by Crippen LogP contribution is -2.44. The highest BCUT2D eigenvalue weighted by atomic mass is 32.2. The molecule has 0 saturated carbocycles. The number of piperazine rings is 1. The molecule has 0 spiro atoms. The minimum Gasteiger partial charge on any atom is -0.493 e. The maximum atomic E-state index is 14.2. The Bertz CT molecular complexity index is 1610. The Balaban J connectivity index is 0.000000343. The van der Waals surface area contributed by atoms with Crippen LogP contribution in [0.4, 0.5) is 10.1 Å². The molecule has 3 heterocycles. The van der Waals surface area contributed by atoms with Gasteiger partial charge in [0.15, 0.2) is 23.1 Å². The highest BCUT2D eigenvalue weighted by Gasteiger charge is 2.16. The van der Waals surface area contributed by atoms with Crippen LogP contribution in [0.1, 0.15) is 6.42 Å². The first-order valence-electron chi connectivity index (χ1n) is 13.2. The fourth-order valence-electron chi connectivity index (χ4n) is 4.28. The maximum absolute atomic E-state index is 14.2. The van der Waals surface area contributed by atoms with Crippen LogP contribution in [0.2, 0.25) is 0 Å². The zero-order valence-corrected chi connectivity index (χ0v) is 24.6. The van der Waals surface area contributed by atoms with Gasteiger partial charge in [0.05, 0.1) is 19.2 Å². The lowest BCUT2D eigenvalue weighted by atomic mass is 10.1. The molecular formula is C28H35FN6O6S. The Kier molecular flexibility index (Phi) is 10.2. The normalized spacial score (nSPS) is 14.3. The minimum absolute atomic E-state index is 0.0925. The number of methoxy groups -OCH3 is 1. The van der Waals surface area contributed by atoms with Gasteiger partial charge in [-0.15, -0.1) is 0 Å². The van der Waals surface area contributed by atoms with Crippen molar-refractivity contribution in [1.82, 2.24) is 24.6 Å². The summed E-state index contributed by atoms with van der Waals surface area (Å²) in [4.78, 5) is 9.23. The van der Waals surface area contributed by atoms with Crippen LogP contribution in [0, 0.1) is 5.82 Å². The molecule has 1 aliphatic heterocycles.